The summed E-state index contributed by atoms with van der Waals surface area (Å²) < 4.78 is 17.7. The molecule has 3 aromatic carbocycles. The second-order valence-corrected chi connectivity index (χ2v) is 8.99. The first-order valence-corrected chi connectivity index (χ1v) is 12.1. The number of carbonyl (C=O) groups is 2. The molecule has 1 saturated heterocycles. The van der Waals surface area contributed by atoms with Gasteiger partial charge in [0.05, 0.1) is 43.3 Å². The van der Waals surface area contributed by atoms with Gasteiger partial charge in [0.2, 0.25) is 0 Å². The van der Waals surface area contributed by atoms with Crippen LogP contribution in [0.1, 0.15) is 5.56 Å². The molecule has 0 bridgehead atoms. The molecule has 0 atom stereocenters. The Hall–Kier alpha value is -4.50. The molecule has 0 radical (unpaired) electrons. The number of thioether (sulfide) groups is 1. The standard InChI is InChI=1S/C28H23N3O5S/c1-34-21-11-9-18(10-12-21)26-19(17-30(29-26)20-7-5-4-6-8-20)15-25-27(32)31(28(33)37-25)23-14-13-22(35-2)16-24(23)36-3/h4-17H,1-3H3/b25-15-. The van der Waals surface area contributed by atoms with Gasteiger partial charge in [-0.2, -0.15) is 5.10 Å². The van der Waals surface area contributed by atoms with Crippen molar-refractivity contribution < 1.29 is 23.8 Å². The van der Waals surface area contributed by atoms with E-state index in [1.165, 1.54) is 14.2 Å². The minimum atomic E-state index is -0.438. The fourth-order valence-corrected chi connectivity index (χ4v) is 4.79. The van der Waals surface area contributed by atoms with E-state index in [1.54, 1.807) is 36.1 Å². The Balaban J connectivity index is 1.56. The summed E-state index contributed by atoms with van der Waals surface area (Å²) in [4.78, 5) is 27.8. The number of nitrogens with zero attached hydrogens (tertiary/aromatic N) is 3. The average Bonchev–Trinajstić information content (AvgIpc) is 3.49. The first-order chi connectivity index (χ1) is 18.0. The molecule has 1 aliphatic heterocycles. The monoisotopic (exact) mass is 513 g/mol. The molecule has 8 nitrogen and oxygen atoms in total. The fraction of sp³-hybridized carbons (Fsp3) is 0.107. The molecule has 0 saturated carbocycles. The lowest BCUT2D eigenvalue weighted by atomic mass is 10.1. The Labute approximate surface area is 218 Å². The Kier molecular flexibility index (Phi) is 6.70. The highest BCUT2D eigenvalue weighted by Gasteiger charge is 2.38. The van der Waals surface area contributed by atoms with Crippen molar-refractivity contribution in [1.29, 1.82) is 0 Å². The Morgan fingerprint density at radius 2 is 1.54 bits per heavy atom. The van der Waals surface area contributed by atoms with E-state index in [9.17, 15) is 9.59 Å². The summed E-state index contributed by atoms with van der Waals surface area (Å²) in [6.45, 7) is 0. The van der Waals surface area contributed by atoms with E-state index in [4.69, 9.17) is 19.3 Å². The highest BCUT2D eigenvalue weighted by molar-refractivity contribution is 8.19. The summed E-state index contributed by atoms with van der Waals surface area (Å²) in [5.41, 5.74) is 3.43. The van der Waals surface area contributed by atoms with Gasteiger partial charge in [-0.25, -0.2) is 9.58 Å². The van der Waals surface area contributed by atoms with E-state index in [0.29, 0.717) is 28.4 Å². The molecule has 0 aliphatic carbocycles. The Morgan fingerprint density at radius 1 is 0.838 bits per heavy atom. The van der Waals surface area contributed by atoms with Gasteiger partial charge in [0.1, 0.15) is 17.2 Å². The maximum atomic E-state index is 13.4. The van der Waals surface area contributed by atoms with Crippen molar-refractivity contribution in [2.75, 3.05) is 26.2 Å². The van der Waals surface area contributed by atoms with E-state index in [0.717, 1.165) is 33.7 Å². The summed E-state index contributed by atoms with van der Waals surface area (Å²) in [7, 11) is 4.62. The maximum absolute atomic E-state index is 13.4. The zero-order chi connectivity index (χ0) is 25.9. The highest BCUT2D eigenvalue weighted by Crippen LogP contribution is 2.41. The molecule has 5 rings (SSSR count). The SMILES string of the molecule is COc1ccc(-c2nn(-c3ccccc3)cc2/C=C2\SC(=O)N(c3ccc(OC)cc3OC)C2=O)cc1. The number of hydrogen-bond donors (Lipinski definition) is 0. The van der Waals surface area contributed by atoms with Crippen LogP contribution in [0.3, 0.4) is 0 Å². The first kappa shape index (κ1) is 24.2. The summed E-state index contributed by atoms with van der Waals surface area (Å²) in [5.74, 6) is 1.20. The van der Waals surface area contributed by atoms with Gasteiger partial charge in [0, 0.05) is 23.4 Å². The van der Waals surface area contributed by atoms with Crippen LogP contribution in [-0.4, -0.2) is 42.3 Å². The maximum Gasteiger partial charge on any atom is 0.298 e. The Morgan fingerprint density at radius 3 is 2.22 bits per heavy atom. The molecule has 1 aromatic heterocycles. The van der Waals surface area contributed by atoms with Crippen molar-refractivity contribution in [3.05, 3.63) is 89.5 Å². The molecular weight excluding hydrogens is 490 g/mol. The molecule has 1 aliphatic rings. The number of amides is 2. The van der Waals surface area contributed by atoms with Gasteiger partial charge >= 0.3 is 0 Å². The van der Waals surface area contributed by atoms with E-state index < -0.39 is 11.1 Å². The van der Waals surface area contributed by atoms with E-state index in [-0.39, 0.29) is 4.91 Å². The third kappa shape index (κ3) is 4.68. The van der Waals surface area contributed by atoms with Crippen LogP contribution in [0.5, 0.6) is 17.2 Å². The third-order valence-electron chi connectivity index (χ3n) is 5.83. The van der Waals surface area contributed by atoms with Crippen LogP contribution in [0.25, 0.3) is 23.0 Å². The van der Waals surface area contributed by atoms with Crippen LogP contribution in [0.15, 0.2) is 83.9 Å². The van der Waals surface area contributed by atoms with Crippen LogP contribution < -0.4 is 19.1 Å². The lowest BCUT2D eigenvalue weighted by Gasteiger charge is -2.16. The molecule has 186 valence electrons. The van der Waals surface area contributed by atoms with Crippen LogP contribution in [0.4, 0.5) is 10.5 Å². The fourth-order valence-electron chi connectivity index (χ4n) is 3.97. The number of imide groups is 1. The molecule has 2 heterocycles. The first-order valence-electron chi connectivity index (χ1n) is 11.3. The van der Waals surface area contributed by atoms with Gasteiger partial charge in [-0.3, -0.25) is 9.59 Å². The van der Waals surface area contributed by atoms with Crippen molar-refractivity contribution in [2.24, 2.45) is 0 Å². The summed E-state index contributed by atoms with van der Waals surface area (Å²) >= 11 is 0.870. The second-order valence-electron chi connectivity index (χ2n) is 8.00. The van der Waals surface area contributed by atoms with Crippen LogP contribution in [0.2, 0.25) is 0 Å². The van der Waals surface area contributed by atoms with Gasteiger partial charge in [-0.15, -0.1) is 0 Å². The number of rotatable bonds is 7. The van der Waals surface area contributed by atoms with E-state index in [2.05, 4.69) is 0 Å². The number of hydrogen-bond acceptors (Lipinski definition) is 7. The van der Waals surface area contributed by atoms with Gasteiger partial charge in [-0.05, 0) is 66.4 Å². The minimum Gasteiger partial charge on any atom is -0.497 e. The van der Waals surface area contributed by atoms with Crippen LogP contribution in [0, 0.1) is 0 Å². The minimum absolute atomic E-state index is 0.283. The smallest absolute Gasteiger partial charge is 0.298 e. The topological polar surface area (TPSA) is 82.9 Å². The van der Waals surface area contributed by atoms with E-state index >= 15 is 0 Å². The molecule has 0 unspecified atom stereocenters. The number of carbonyl (C=O) groups excluding carboxylic acids is 2. The van der Waals surface area contributed by atoms with Gasteiger partial charge in [0.25, 0.3) is 11.1 Å². The highest BCUT2D eigenvalue weighted by atomic mass is 32.2. The molecule has 0 N–H and O–H groups in total. The molecule has 37 heavy (non-hydrogen) atoms. The predicted molar refractivity (Wildman–Crippen MR) is 144 cm³/mol. The molecular formula is C28H23N3O5S. The summed E-state index contributed by atoms with van der Waals surface area (Å²) in [6.07, 6.45) is 3.55. The zero-order valence-corrected chi connectivity index (χ0v) is 21.2. The molecule has 2 amide bonds. The van der Waals surface area contributed by atoms with Gasteiger partial charge in [-0.1, -0.05) is 18.2 Å². The van der Waals surface area contributed by atoms with Crippen molar-refractivity contribution >= 4 is 34.7 Å². The lowest BCUT2D eigenvalue weighted by Crippen LogP contribution is -2.28. The zero-order valence-electron chi connectivity index (χ0n) is 20.4. The second kappa shape index (κ2) is 10.2. The largest absolute Gasteiger partial charge is 0.497 e. The molecule has 9 heteroatoms. The Bertz CT molecular complexity index is 1500. The van der Waals surface area contributed by atoms with Crippen LogP contribution >= 0.6 is 11.8 Å². The van der Waals surface area contributed by atoms with Crippen molar-refractivity contribution in [3.63, 3.8) is 0 Å². The number of anilines is 1. The third-order valence-corrected chi connectivity index (χ3v) is 6.70. The number of aromatic nitrogens is 2. The molecule has 1 fully saturated rings. The average molecular weight is 514 g/mol. The van der Waals surface area contributed by atoms with E-state index in [1.807, 2.05) is 60.8 Å². The van der Waals surface area contributed by atoms with Crippen molar-refractivity contribution in [1.82, 2.24) is 9.78 Å². The van der Waals surface area contributed by atoms with Crippen molar-refractivity contribution in [2.45, 2.75) is 0 Å². The van der Waals surface area contributed by atoms with Gasteiger partial charge < -0.3 is 14.2 Å². The van der Waals surface area contributed by atoms with Gasteiger partial charge in [0.15, 0.2) is 0 Å². The lowest BCUT2D eigenvalue weighted by molar-refractivity contribution is -0.113. The normalized spacial score (nSPS) is 14.4. The molecule has 0 spiro atoms. The number of benzene rings is 3. The quantitative estimate of drug-likeness (QED) is 0.289. The summed E-state index contributed by atoms with van der Waals surface area (Å²) in [5, 5.41) is 4.38. The van der Waals surface area contributed by atoms with Crippen molar-refractivity contribution in [3.8, 4) is 34.2 Å². The summed E-state index contributed by atoms with van der Waals surface area (Å²) in [6, 6.07) is 22.1. The number of ether oxygens (including phenoxy) is 3. The molecule has 4 aromatic rings. The number of para-hydroxylation sites is 1. The number of methoxy groups -OCH3 is 3. The van der Waals surface area contributed by atoms with Crippen LogP contribution in [-0.2, 0) is 4.79 Å². The predicted octanol–water partition coefficient (Wildman–Crippen LogP) is 5.81.